The Morgan fingerprint density at radius 1 is 1.32 bits per heavy atom. The maximum absolute atomic E-state index is 6.31. The summed E-state index contributed by atoms with van der Waals surface area (Å²) in [6.45, 7) is 6.02. The van der Waals surface area contributed by atoms with Gasteiger partial charge in [0, 0.05) is 17.7 Å². The van der Waals surface area contributed by atoms with E-state index in [9.17, 15) is 0 Å². The van der Waals surface area contributed by atoms with Gasteiger partial charge in [0.1, 0.15) is 0 Å². The minimum absolute atomic E-state index is 0.367. The van der Waals surface area contributed by atoms with E-state index in [0.29, 0.717) is 12.1 Å². The molecule has 0 heterocycles. The lowest BCUT2D eigenvalue weighted by atomic mass is 9.77. The highest BCUT2D eigenvalue weighted by Crippen LogP contribution is 2.38. The van der Waals surface area contributed by atoms with Gasteiger partial charge in [0.2, 0.25) is 0 Å². The number of halogens is 1. The highest BCUT2D eigenvalue weighted by molar-refractivity contribution is 6.31. The first-order valence-electron chi connectivity index (χ1n) is 7.34. The molecule has 1 N–H and O–H groups in total. The zero-order valence-corrected chi connectivity index (χ0v) is 12.6. The molecule has 0 saturated heterocycles. The van der Waals surface area contributed by atoms with Crippen LogP contribution in [0.5, 0.6) is 0 Å². The molecule has 1 aliphatic rings. The summed E-state index contributed by atoms with van der Waals surface area (Å²) >= 11 is 6.31. The number of nitrogens with one attached hydrogen (secondary N) is 1. The van der Waals surface area contributed by atoms with Gasteiger partial charge < -0.3 is 10.1 Å². The molecule has 1 aliphatic carbocycles. The van der Waals surface area contributed by atoms with Crippen molar-refractivity contribution in [2.24, 2.45) is 5.92 Å². The SMILES string of the molecule is CCNC(CC1CC(OCC)C1)c1ccccc1Cl. The van der Waals surface area contributed by atoms with E-state index in [0.717, 1.165) is 30.5 Å². The Morgan fingerprint density at radius 2 is 2.05 bits per heavy atom. The minimum atomic E-state index is 0.367. The Bertz CT molecular complexity index is 390. The molecule has 1 atom stereocenters. The minimum Gasteiger partial charge on any atom is -0.378 e. The molecule has 0 aromatic heterocycles. The molecule has 0 spiro atoms. The smallest absolute Gasteiger partial charge is 0.0580 e. The lowest BCUT2D eigenvalue weighted by Gasteiger charge is -2.37. The lowest BCUT2D eigenvalue weighted by Crippen LogP contribution is -2.34. The van der Waals surface area contributed by atoms with E-state index >= 15 is 0 Å². The molecule has 2 nitrogen and oxygen atoms in total. The average molecular weight is 282 g/mol. The summed E-state index contributed by atoms with van der Waals surface area (Å²) in [6.07, 6.45) is 4.03. The summed E-state index contributed by atoms with van der Waals surface area (Å²) in [4.78, 5) is 0. The third-order valence-electron chi connectivity index (χ3n) is 3.90. The van der Waals surface area contributed by atoms with Gasteiger partial charge in [-0.05, 0) is 50.3 Å². The highest BCUT2D eigenvalue weighted by atomic mass is 35.5. The Morgan fingerprint density at radius 3 is 2.68 bits per heavy atom. The molecule has 19 heavy (non-hydrogen) atoms. The van der Waals surface area contributed by atoms with Crippen LogP contribution in [-0.4, -0.2) is 19.3 Å². The Kier molecular flexibility index (Phi) is 5.68. The Hall–Kier alpha value is -0.570. The molecule has 1 saturated carbocycles. The van der Waals surface area contributed by atoms with Crippen LogP contribution in [0.3, 0.4) is 0 Å². The van der Waals surface area contributed by atoms with Crippen LogP contribution in [0.4, 0.5) is 0 Å². The van der Waals surface area contributed by atoms with Crippen molar-refractivity contribution >= 4 is 11.6 Å². The normalized spacial score (nSPS) is 23.9. The maximum Gasteiger partial charge on any atom is 0.0580 e. The van der Waals surface area contributed by atoms with E-state index < -0.39 is 0 Å². The Balaban J connectivity index is 1.93. The number of benzene rings is 1. The standard InChI is InChI=1S/C16H24ClNO/c1-3-18-16(14-7-5-6-8-15(14)17)11-12-9-13(10-12)19-4-2/h5-8,12-13,16,18H,3-4,9-11H2,1-2H3. The van der Waals surface area contributed by atoms with Crippen molar-refractivity contribution in [3.63, 3.8) is 0 Å². The van der Waals surface area contributed by atoms with Gasteiger partial charge in [-0.2, -0.15) is 0 Å². The zero-order chi connectivity index (χ0) is 13.7. The second-order valence-electron chi connectivity index (χ2n) is 5.28. The molecule has 0 aliphatic heterocycles. The van der Waals surface area contributed by atoms with Crippen molar-refractivity contribution in [2.45, 2.75) is 45.3 Å². The van der Waals surface area contributed by atoms with E-state index in [1.54, 1.807) is 0 Å². The van der Waals surface area contributed by atoms with Gasteiger partial charge in [0.25, 0.3) is 0 Å². The number of hydrogen-bond acceptors (Lipinski definition) is 2. The Labute approximate surface area is 121 Å². The van der Waals surface area contributed by atoms with E-state index in [1.807, 2.05) is 12.1 Å². The van der Waals surface area contributed by atoms with Crippen molar-refractivity contribution in [3.8, 4) is 0 Å². The molecule has 1 unspecified atom stereocenters. The van der Waals surface area contributed by atoms with E-state index in [2.05, 4.69) is 31.3 Å². The van der Waals surface area contributed by atoms with E-state index in [1.165, 1.54) is 18.4 Å². The number of rotatable bonds is 7. The molecular weight excluding hydrogens is 258 g/mol. The molecule has 106 valence electrons. The van der Waals surface area contributed by atoms with Crippen molar-refractivity contribution in [1.29, 1.82) is 0 Å². The molecule has 2 rings (SSSR count). The topological polar surface area (TPSA) is 21.3 Å². The molecule has 1 aromatic rings. The summed E-state index contributed by atoms with van der Waals surface area (Å²) in [5.41, 5.74) is 1.23. The van der Waals surface area contributed by atoms with Crippen LogP contribution in [-0.2, 0) is 4.74 Å². The summed E-state index contributed by atoms with van der Waals surface area (Å²) in [5.74, 6) is 0.761. The van der Waals surface area contributed by atoms with Gasteiger partial charge in [-0.25, -0.2) is 0 Å². The van der Waals surface area contributed by atoms with Crippen molar-refractivity contribution in [3.05, 3.63) is 34.9 Å². The van der Waals surface area contributed by atoms with E-state index in [-0.39, 0.29) is 0 Å². The van der Waals surface area contributed by atoms with Crippen molar-refractivity contribution in [1.82, 2.24) is 5.32 Å². The number of ether oxygens (including phenoxy) is 1. The first-order chi connectivity index (χ1) is 9.24. The van der Waals surface area contributed by atoms with Gasteiger partial charge in [-0.3, -0.25) is 0 Å². The van der Waals surface area contributed by atoms with Gasteiger partial charge in [0.05, 0.1) is 6.10 Å². The summed E-state index contributed by atoms with van der Waals surface area (Å²) in [5, 5.41) is 4.43. The average Bonchev–Trinajstić information content (AvgIpc) is 2.36. The first-order valence-corrected chi connectivity index (χ1v) is 7.71. The van der Waals surface area contributed by atoms with Crippen LogP contribution in [0.25, 0.3) is 0 Å². The fourth-order valence-electron chi connectivity index (χ4n) is 2.90. The van der Waals surface area contributed by atoms with Gasteiger partial charge in [-0.1, -0.05) is 36.7 Å². The quantitative estimate of drug-likeness (QED) is 0.809. The summed E-state index contributed by atoms with van der Waals surface area (Å²) in [7, 11) is 0. The maximum atomic E-state index is 6.31. The largest absolute Gasteiger partial charge is 0.378 e. The molecule has 1 fully saturated rings. The zero-order valence-electron chi connectivity index (χ0n) is 11.9. The van der Waals surface area contributed by atoms with Crippen LogP contribution in [0.2, 0.25) is 5.02 Å². The van der Waals surface area contributed by atoms with Gasteiger partial charge in [0.15, 0.2) is 0 Å². The molecule has 0 amide bonds. The van der Waals surface area contributed by atoms with Crippen LogP contribution < -0.4 is 5.32 Å². The number of hydrogen-bond donors (Lipinski definition) is 1. The predicted molar refractivity (Wildman–Crippen MR) is 80.6 cm³/mol. The van der Waals surface area contributed by atoms with Crippen molar-refractivity contribution < 1.29 is 4.74 Å². The van der Waals surface area contributed by atoms with E-state index in [4.69, 9.17) is 16.3 Å². The van der Waals surface area contributed by atoms with Crippen LogP contribution in [0, 0.1) is 5.92 Å². The second-order valence-corrected chi connectivity index (χ2v) is 5.69. The molecule has 0 bridgehead atoms. The third kappa shape index (κ3) is 3.95. The summed E-state index contributed by atoms with van der Waals surface area (Å²) in [6, 6.07) is 8.53. The second kappa shape index (κ2) is 7.28. The van der Waals surface area contributed by atoms with Gasteiger partial charge >= 0.3 is 0 Å². The van der Waals surface area contributed by atoms with Gasteiger partial charge in [-0.15, -0.1) is 0 Å². The van der Waals surface area contributed by atoms with Crippen LogP contribution in [0.1, 0.15) is 44.7 Å². The molecule has 0 radical (unpaired) electrons. The van der Waals surface area contributed by atoms with Crippen molar-refractivity contribution in [2.75, 3.05) is 13.2 Å². The predicted octanol–water partition coefficient (Wildman–Crippen LogP) is 4.20. The first kappa shape index (κ1) is 14.8. The lowest BCUT2D eigenvalue weighted by molar-refractivity contribution is -0.0291. The fraction of sp³-hybridized carbons (Fsp3) is 0.625. The third-order valence-corrected chi connectivity index (χ3v) is 4.24. The summed E-state index contributed by atoms with van der Waals surface area (Å²) < 4.78 is 5.63. The molecule has 3 heteroatoms. The monoisotopic (exact) mass is 281 g/mol. The fourth-order valence-corrected chi connectivity index (χ4v) is 3.16. The van der Waals surface area contributed by atoms with Crippen LogP contribution in [0.15, 0.2) is 24.3 Å². The molecule has 1 aromatic carbocycles. The van der Waals surface area contributed by atoms with Crippen LogP contribution >= 0.6 is 11.6 Å². The highest BCUT2D eigenvalue weighted by Gasteiger charge is 2.31. The molecular formula is C16H24ClNO.